The van der Waals surface area contributed by atoms with Crippen LogP contribution in [0.5, 0.6) is 5.75 Å². The first-order chi connectivity index (χ1) is 14.5. The highest BCUT2D eigenvalue weighted by Gasteiger charge is 2.38. The van der Waals surface area contributed by atoms with Gasteiger partial charge in [0.25, 0.3) is 5.91 Å². The first-order valence-corrected chi connectivity index (χ1v) is 9.93. The highest BCUT2D eigenvalue weighted by atomic mass is 19.1. The van der Waals surface area contributed by atoms with E-state index >= 15 is 0 Å². The molecule has 1 unspecified atom stereocenters. The van der Waals surface area contributed by atoms with Crippen LogP contribution < -0.4 is 15.4 Å². The lowest BCUT2D eigenvalue weighted by atomic mass is 9.75. The molecule has 1 amide bonds. The summed E-state index contributed by atoms with van der Waals surface area (Å²) in [5.41, 5.74) is 3.49. The van der Waals surface area contributed by atoms with Gasteiger partial charge in [0.2, 0.25) is 0 Å². The normalized spacial score (nSPS) is 18.6. The van der Waals surface area contributed by atoms with Crippen molar-refractivity contribution < 1.29 is 18.7 Å². The Morgan fingerprint density at radius 3 is 2.57 bits per heavy atom. The van der Waals surface area contributed by atoms with Gasteiger partial charge < -0.3 is 15.4 Å². The molecule has 1 aliphatic heterocycles. The number of benzene rings is 2. The molecule has 0 saturated carbocycles. The largest absolute Gasteiger partial charge is 0.497 e. The Labute approximate surface area is 174 Å². The van der Waals surface area contributed by atoms with Crippen molar-refractivity contribution in [3.05, 3.63) is 82.5 Å². The molecule has 30 heavy (non-hydrogen) atoms. The molecular formula is C24H23FN2O3. The number of anilines is 1. The Bertz CT molecular complexity index is 1070. The van der Waals surface area contributed by atoms with E-state index in [-0.39, 0.29) is 11.5 Å². The smallest absolute Gasteiger partial charge is 0.254 e. The second kappa shape index (κ2) is 8.14. The molecule has 0 radical (unpaired) electrons. The summed E-state index contributed by atoms with van der Waals surface area (Å²) < 4.78 is 19.4. The highest BCUT2D eigenvalue weighted by molar-refractivity contribution is 6.09. The van der Waals surface area contributed by atoms with Crippen LogP contribution in [0.15, 0.2) is 71.1 Å². The molecule has 5 nitrogen and oxygen atoms in total. The summed E-state index contributed by atoms with van der Waals surface area (Å²) in [6, 6.07) is 13.4. The maximum absolute atomic E-state index is 14.1. The number of amides is 1. The van der Waals surface area contributed by atoms with Gasteiger partial charge in [-0.05, 0) is 49.6 Å². The summed E-state index contributed by atoms with van der Waals surface area (Å²) in [5.74, 6) is -0.742. The van der Waals surface area contributed by atoms with Crippen molar-refractivity contribution in [3.8, 4) is 5.75 Å². The lowest BCUT2D eigenvalue weighted by molar-refractivity contribution is -0.116. The second-order valence-electron chi connectivity index (χ2n) is 7.47. The average molecular weight is 406 g/mol. The Morgan fingerprint density at radius 1 is 1.13 bits per heavy atom. The van der Waals surface area contributed by atoms with Crippen molar-refractivity contribution in [2.75, 3.05) is 12.4 Å². The van der Waals surface area contributed by atoms with Crippen molar-refractivity contribution in [3.63, 3.8) is 0 Å². The molecule has 6 heteroatoms. The zero-order chi connectivity index (χ0) is 21.3. The number of rotatable bonds is 4. The van der Waals surface area contributed by atoms with Gasteiger partial charge in [-0.1, -0.05) is 24.3 Å². The molecule has 2 aromatic rings. The van der Waals surface area contributed by atoms with E-state index < -0.39 is 17.6 Å². The third-order valence-electron chi connectivity index (χ3n) is 5.59. The number of allylic oxidation sites excluding steroid dienone is 3. The molecule has 4 rings (SSSR count). The van der Waals surface area contributed by atoms with Crippen LogP contribution in [0, 0.1) is 5.82 Å². The van der Waals surface area contributed by atoms with Crippen LogP contribution in [0.25, 0.3) is 0 Å². The Balaban J connectivity index is 1.79. The third kappa shape index (κ3) is 3.61. The van der Waals surface area contributed by atoms with Crippen LogP contribution in [0.3, 0.4) is 0 Å². The van der Waals surface area contributed by atoms with Crippen molar-refractivity contribution in [1.29, 1.82) is 0 Å². The summed E-state index contributed by atoms with van der Waals surface area (Å²) in [6.07, 6.45) is 1.99. The van der Waals surface area contributed by atoms with Gasteiger partial charge in [0, 0.05) is 34.9 Å². The van der Waals surface area contributed by atoms with Gasteiger partial charge in [0.05, 0.1) is 12.8 Å². The third-order valence-corrected chi connectivity index (χ3v) is 5.59. The summed E-state index contributed by atoms with van der Waals surface area (Å²) in [5, 5.41) is 5.93. The van der Waals surface area contributed by atoms with Crippen LogP contribution in [0.1, 0.15) is 37.7 Å². The summed E-state index contributed by atoms with van der Waals surface area (Å²) in [4.78, 5) is 26.2. The summed E-state index contributed by atoms with van der Waals surface area (Å²) in [7, 11) is 1.59. The molecule has 1 aliphatic carbocycles. The van der Waals surface area contributed by atoms with Crippen molar-refractivity contribution in [2.45, 2.75) is 32.1 Å². The molecule has 0 spiro atoms. The number of carbonyl (C=O) groups is 2. The molecule has 2 aromatic carbocycles. The Hall–Kier alpha value is -3.41. The van der Waals surface area contributed by atoms with Gasteiger partial charge in [-0.3, -0.25) is 9.59 Å². The predicted molar refractivity (Wildman–Crippen MR) is 112 cm³/mol. The molecule has 1 atom stereocenters. The topological polar surface area (TPSA) is 67.4 Å². The summed E-state index contributed by atoms with van der Waals surface area (Å²) >= 11 is 0. The van der Waals surface area contributed by atoms with E-state index in [1.54, 1.807) is 19.2 Å². The predicted octanol–water partition coefficient (Wildman–Crippen LogP) is 4.44. The minimum Gasteiger partial charge on any atom is -0.497 e. The average Bonchev–Trinajstić information content (AvgIpc) is 2.74. The van der Waals surface area contributed by atoms with Crippen LogP contribution in [-0.2, 0) is 9.59 Å². The van der Waals surface area contributed by atoms with Gasteiger partial charge in [0.15, 0.2) is 5.78 Å². The standard InChI is InChI=1S/C24H23FN2O3/c1-14-21(24(29)27-18-7-4-3-6-17(18)25)22(15-10-12-16(30-2)13-11-15)23-19(26-14)8-5-9-20(23)28/h3-4,6-7,10-13,22,26H,5,8-9H2,1-2H3,(H,27,29). The zero-order valence-corrected chi connectivity index (χ0v) is 16.9. The number of halogens is 1. The number of ketones is 1. The fourth-order valence-corrected chi connectivity index (χ4v) is 4.17. The molecular weight excluding hydrogens is 383 g/mol. The van der Waals surface area contributed by atoms with E-state index in [0.717, 1.165) is 24.1 Å². The van der Waals surface area contributed by atoms with Crippen molar-refractivity contribution >= 4 is 17.4 Å². The highest BCUT2D eigenvalue weighted by Crippen LogP contribution is 2.42. The van der Waals surface area contributed by atoms with E-state index in [4.69, 9.17) is 4.74 Å². The van der Waals surface area contributed by atoms with Gasteiger partial charge in [0.1, 0.15) is 11.6 Å². The maximum Gasteiger partial charge on any atom is 0.254 e. The molecule has 2 N–H and O–H groups in total. The molecule has 0 aromatic heterocycles. The molecule has 0 fully saturated rings. The fraction of sp³-hybridized carbons (Fsp3) is 0.250. The SMILES string of the molecule is COc1ccc(C2C(C(=O)Nc3ccccc3F)=C(C)NC3=C2C(=O)CCC3)cc1. The van der Waals surface area contributed by atoms with E-state index in [0.29, 0.717) is 29.0 Å². The monoisotopic (exact) mass is 406 g/mol. The lowest BCUT2D eigenvalue weighted by Gasteiger charge is -2.34. The van der Waals surface area contributed by atoms with Gasteiger partial charge in [-0.2, -0.15) is 0 Å². The van der Waals surface area contributed by atoms with Crippen LogP contribution in [0.2, 0.25) is 0 Å². The minimum absolute atomic E-state index is 0.0354. The number of hydrogen-bond acceptors (Lipinski definition) is 4. The number of hydrogen-bond donors (Lipinski definition) is 2. The number of nitrogens with one attached hydrogen (secondary N) is 2. The van der Waals surface area contributed by atoms with Crippen molar-refractivity contribution in [2.24, 2.45) is 0 Å². The number of methoxy groups -OCH3 is 1. The number of dihydropyridines is 1. The summed E-state index contributed by atoms with van der Waals surface area (Å²) in [6.45, 7) is 1.82. The second-order valence-corrected chi connectivity index (χ2v) is 7.47. The number of Topliss-reactive ketones (excluding diaryl/α,β-unsaturated/α-hetero) is 1. The zero-order valence-electron chi connectivity index (χ0n) is 16.9. The van der Waals surface area contributed by atoms with Crippen molar-refractivity contribution in [1.82, 2.24) is 5.32 Å². The molecule has 0 bridgehead atoms. The number of carbonyl (C=O) groups excluding carboxylic acids is 2. The van der Waals surface area contributed by atoms with E-state index in [2.05, 4.69) is 10.6 Å². The maximum atomic E-state index is 14.1. The fourth-order valence-electron chi connectivity index (χ4n) is 4.17. The quantitative estimate of drug-likeness (QED) is 0.788. The lowest BCUT2D eigenvalue weighted by Crippen LogP contribution is -2.35. The van der Waals surface area contributed by atoms with E-state index in [1.165, 1.54) is 12.1 Å². The molecule has 2 aliphatic rings. The number of ether oxygens (including phenoxy) is 1. The molecule has 1 heterocycles. The first kappa shape index (κ1) is 19.9. The van der Waals surface area contributed by atoms with Gasteiger partial charge >= 0.3 is 0 Å². The Kier molecular flexibility index (Phi) is 5.40. The molecule has 0 saturated heterocycles. The van der Waals surface area contributed by atoms with Gasteiger partial charge in [-0.15, -0.1) is 0 Å². The number of para-hydroxylation sites is 1. The van der Waals surface area contributed by atoms with Gasteiger partial charge in [-0.25, -0.2) is 4.39 Å². The van der Waals surface area contributed by atoms with Crippen LogP contribution in [0.4, 0.5) is 10.1 Å². The van der Waals surface area contributed by atoms with Crippen LogP contribution in [-0.4, -0.2) is 18.8 Å². The van der Waals surface area contributed by atoms with Crippen LogP contribution >= 0.6 is 0 Å². The minimum atomic E-state index is -0.522. The molecule has 154 valence electrons. The van der Waals surface area contributed by atoms with E-state index in [9.17, 15) is 14.0 Å². The van der Waals surface area contributed by atoms with E-state index in [1.807, 2.05) is 31.2 Å². The first-order valence-electron chi connectivity index (χ1n) is 9.93. The Morgan fingerprint density at radius 2 is 1.87 bits per heavy atom.